The third kappa shape index (κ3) is 3.49. The van der Waals surface area contributed by atoms with Gasteiger partial charge in [-0.3, -0.25) is 4.79 Å². The Balaban J connectivity index is 2.52. The highest BCUT2D eigenvalue weighted by Gasteiger charge is 2.33. The number of carboxylic acids is 1. The third-order valence-corrected chi connectivity index (χ3v) is 3.77. The number of carboxylic acid groups (broad SMARTS) is 1. The number of carbonyl (C=O) groups is 1. The molecular formula is C12H23NO2. The van der Waals surface area contributed by atoms with E-state index in [1.165, 1.54) is 32.1 Å². The second-order valence-electron chi connectivity index (χ2n) is 5.47. The molecule has 88 valence electrons. The molecule has 1 unspecified atom stereocenters. The Morgan fingerprint density at radius 3 is 2.40 bits per heavy atom. The fraction of sp³-hybridized carbons (Fsp3) is 0.917. The van der Waals surface area contributed by atoms with E-state index in [0.29, 0.717) is 12.3 Å². The van der Waals surface area contributed by atoms with Crippen molar-refractivity contribution in [3.63, 3.8) is 0 Å². The van der Waals surface area contributed by atoms with Gasteiger partial charge in [0, 0.05) is 0 Å². The lowest BCUT2D eigenvalue weighted by Crippen LogP contribution is -2.38. The number of rotatable bonds is 4. The standard InChI is InChI=1S/C12H23NO2/c1-12(2,8-10(13)11(14)15)9-6-4-3-5-7-9/h9-10H,3-8,13H2,1-2H3,(H,14,15). The Morgan fingerprint density at radius 2 is 1.93 bits per heavy atom. The summed E-state index contributed by atoms with van der Waals surface area (Å²) < 4.78 is 0. The molecule has 1 aliphatic rings. The highest BCUT2D eigenvalue weighted by molar-refractivity contribution is 5.73. The Morgan fingerprint density at radius 1 is 1.40 bits per heavy atom. The molecule has 1 fully saturated rings. The van der Waals surface area contributed by atoms with Crippen LogP contribution in [0, 0.1) is 11.3 Å². The summed E-state index contributed by atoms with van der Waals surface area (Å²) in [6.07, 6.45) is 6.97. The highest BCUT2D eigenvalue weighted by Crippen LogP contribution is 2.40. The second-order valence-corrected chi connectivity index (χ2v) is 5.47. The summed E-state index contributed by atoms with van der Waals surface area (Å²) in [5.41, 5.74) is 5.68. The van der Waals surface area contributed by atoms with Crippen LogP contribution >= 0.6 is 0 Å². The molecule has 3 N–H and O–H groups in total. The number of nitrogens with two attached hydrogens (primary N) is 1. The Hall–Kier alpha value is -0.570. The van der Waals surface area contributed by atoms with Gasteiger partial charge in [0.2, 0.25) is 0 Å². The average Bonchev–Trinajstić information content (AvgIpc) is 2.18. The largest absolute Gasteiger partial charge is 0.480 e. The minimum atomic E-state index is -0.876. The van der Waals surface area contributed by atoms with E-state index in [4.69, 9.17) is 10.8 Å². The van der Waals surface area contributed by atoms with Gasteiger partial charge in [0.05, 0.1) is 0 Å². The molecule has 0 saturated heterocycles. The maximum Gasteiger partial charge on any atom is 0.320 e. The van der Waals surface area contributed by atoms with Crippen LogP contribution in [0.5, 0.6) is 0 Å². The van der Waals surface area contributed by atoms with Crippen molar-refractivity contribution in [1.82, 2.24) is 0 Å². The van der Waals surface area contributed by atoms with Crippen LogP contribution in [0.25, 0.3) is 0 Å². The molecule has 15 heavy (non-hydrogen) atoms. The molecule has 1 atom stereocenters. The van der Waals surface area contributed by atoms with Crippen molar-refractivity contribution in [3.05, 3.63) is 0 Å². The summed E-state index contributed by atoms with van der Waals surface area (Å²) in [5, 5.41) is 8.82. The van der Waals surface area contributed by atoms with E-state index < -0.39 is 12.0 Å². The van der Waals surface area contributed by atoms with Crippen LogP contribution in [-0.4, -0.2) is 17.1 Å². The second kappa shape index (κ2) is 4.97. The van der Waals surface area contributed by atoms with Crippen LogP contribution in [0.2, 0.25) is 0 Å². The number of hydrogen-bond donors (Lipinski definition) is 2. The summed E-state index contributed by atoms with van der Waals surface area (Å²) in [5.74, 6) is -0.226. The van der Waals surface area contributed by atoms with Gasteiger partial charge in [0.15, 0.2) is 0 Å². The third-order valence-electron chi connectivity index (χ3n) is 3.77. The van der Waals surface area contributed by atoms with E-state index in [0.717, 1.165) is 0 Å². The smallest absolute Gasteiger partial charge is 0.320 e. The minimum Gasteiger partial charge on any atom is -0.480 e. The summed E-state index contributed by atoms with van der Waals surface area (Å²) in [6.45, 7) is 4.32. The van der Waals surface area contributed by atoms with Crippen molar-refractivity contribution in [2.24, 2.45) is 17.1 Å². The minimum absolute atomic E-state index is 0.0677. The predicted molar refractivity (Wildman–Crippen MR) is 60.6 cm³/mol. The molecular weight excluding hydrogens is 190 g/mol. The molecule has 1 saturated carbocycles. The van der Waals surface area contributed by atoms with E-state index in [1.54, 1.807) is 0 Å². The van der Waals surface area contributed by atoms with Crippen LogP contribution in [0.3, 0.4) is 0 Å². The van der Waals surface area contributed by atoms with Crippen LogP contribution < -0.4 is 5.73 Å². The molecule has 1 rings (SSSR count). The molecule has 0 amide bonds. The fourth-order valence-electron chi connectivity index (χ4n) is 2.70. The molecule has 0 aromatic heterocycles. The molecule has 0 spiro atoms. The van der Waals surface area contributed by atoms with Gasteiger partial charge in [-0.05, 0) is 30.6 Å². The molecule has 0 bridgehead atoms. The van der Waals surface area contributed by atoms with Crippen LogP contribution in [-0.2, 0) is 4.79 Å². The van der Waals surface area contributed by atoms with Crippen molar-refractivity contribution in [2.45, 2.75) is 58.4 Å². The fourth-order valence-corrected chi connectivity index (χ4v) is 2.70. The molecule has 3 heteroatoms. The van der Waals surface area contributed by atoms with Gasteiger partial charge < -0.3 is 10.8 Å². The lowest BCUT2D eigenvalue weighted by atomic mass is 9.68. The van der Waals surface area contributed by atoms with Gasteiger partial charge in [-0.25, -0.2) is 0 Å². The summed E-state index contributed by atoms with van der Waals surface area (Å²) >= 11 is 0. The topological polar surface area (TPSA) is 63.3 Å². The van der Waals surface area contributed by atoms with E-state index in [9.17, 15) is 4.79 Å². The highest BCUT2D eigenvalue weighted by atomic mass is 16.4. The Labute approximate surface area is 92.0 Å². The average molecular weight is 213 g/mol. The quantitative estimate of drug-likeness (QED) is 0.753. The Kier molecular flexibility index (Phi) is 4.14. The molecule has 0 aliphatic heterocycles. The molecule has 1 aliphatic carbocycles. The van der Waals surface area contributed by atoms with Crippen molar-refractivity contribution in [2.75, 3.05) is 0 Å². The van der Waals surface area contributed by atoms with Crippen molar-refractivity contribution in [1.29, 1.82) is 0 Å². The van der Waals surface area contributed by atoms with Crippen LogP contribution in [0.1, 0.15) is 52.4 Å². The molecule has 0 aromatic rings. The zero-order valence-electron chi connectivity index (χ0n) is 9.83. The van der Waals surface area contributed by atoms with Crippen LogP contribution in [0.4, 0.5) is 0 Å². The van der Waals surface area contributed by atoms with Gasteiger partial charge in [-0.15, -0.1) is 0 Å². The lowest BCUT2D eigenvalue weighted by Gasteiger charge is -2.38. The molecule has 0 heterocycles. The first kappa shape index (κ1) is 12.5. The van der Waals surface area contributed by atoms with E-state index >= 15 is 0 Å². The first-order valence-electron chi connectivity index (χ1n) is 5.92. The maximum absolute atomic E-state index is 10.7. The monoisotopic (exact) mass is 213 g/mol. The number of hydrogen-bond acceptors (Lipinski definition) is 2. The van der Waals surface area contributed by atoms with Gasteiger partial charge in [-0.1, -0.05) is 33.1 Å². The van der Waals surface area contributed by atoms with E-state index in [1.807, 2.05) is 0 Å². The molecule has 0 radical (unpaired) electrons. The van der Waals surface area contributed by atoms with E-state index in [-0.39, 0.29) is 5.41 Å². The predicted octanol–water partition coefficient (Wildman–Crippen LogP) is 2.39. The Bertz CT molecular complexity index is 220. The van der Waals surface area contributed by atoms with Crippen molar-refractivity contribution in [3.8, 4) is 0 Å². The maximum atomic E-state index is 10.7. The van der Waals surface area contributed by atoms with Crippen LogP contribution in [0.15, 0.2) is 0 Å². The van der Waals surface area contributed by atoms with Crippen molar-refractivity contribution < 1.29 is 9.90 Å². The number of aliphatic carboxylic acids is 1. The summed E-state index contributed by atoms with van der Waals surface area (Å²) in [6, 6.07) is -0.707. The van der Waals surface area contributed by atoms with Gasteiger partial charge in [0.25, 0.3) is 0 Å². The van der Waals surface area contributed by atoms with Gasteiger partial charge in [0.1, 0.15) is 6.04 Å². The summed E-state index contributed by atoms with van der Waals surface area (Å²) in [4.78, 5) is 10.7. The SMILES string of the molecule is CC(C)(CC(N)C(=O)O)C1CCCCC1. The van der Waals surface area contributed by atoms with E-state index in [2.05, 4.69) is 13.8 Å². The first-order chi connectivity index (χ1) is 6.93. The summed E-state index contributed by atoms with van der Waals surface area (Å²) in [7, 11) is 0. The van der Waals surface area contributed by atoms with Gasteiger partial charge >= 0.3 is 5.97 Å². The van der Waals surface area contributed by atoms with Crippen molar-refractivity contribution >= 4 is 5.97 Å². The zero-order chi connectivity index (χ0) is 11.5. The molecule has 3 nitrogen and oxygen atoms in total. The normalized spacial score (nSPS) is 21.3. The molecule has 0 aromatic carbocycles. The first-order valence-corrected chi connectivity index (χ1v) is 5.92. The van der Waals surface area contributed by atoms with Gasteiger partial charge in [-0.2, -0.15) is 0 Å². The lowest BCUT2D eigenvalue weighted by molar-refractivity contribution is -0.139. The zero-order valence-corrected chi connectivity index (χ0v) is 9.83.